The molecule has 0 saturated heterocycles. The molecule has 0 radical (unpaired) electrons. The van der Waals surface area contributed by atoms with Crippen molar-refractivity contribution in [1.82, 2.24) is 4.90 Å². The van der Waals surface area contributed by atoms with Crippen molar-refractivity contribution in [3.63, 3.8) is 0 Å². The third kappa shape index (κ3) is 3.24. The Morgan fingerprint density at radius 1 is 1.04 bits per heavy atom. The lowest BCUT2D eigenvalue weighted by Gasteiger charge is -2.29. The van der Waals surface area contributed by atoms with Crippen LogP contribution in [0.4, 0.5) is 5.69 Å². The lowest BCUT2D eigenvalue weighted by atomic mass is 9.99. The van der Waals surface area contributed by atoms with Gasteiger partial charge in [0.1, 0.15) is 0 Å². The fourth-order valence-corrected chi connectivity index (χ4v) is 3.85. The smallest absolute Gasteiger partial charge is 0.228 e. The summed E-state index contributed by atoms with van der Waals surface area (Å²) in [5.74, 6) is -0.247. The number of nitrogens with one attached hydrogen (secondary N) is 1. The van der Waals surface area contributed by atoms with Gasteiger partial charge in [-0.25, -0.2) is 0 Å². The van der Waals surface area contributed by atoms with E-state index in [-0.39, 0.29) is 23.7 Å². The summed E-state index contributed by atoms with van der Waals surface area (Å²) in [5.41, 5.74) is 4.55. The van der Waals surface area contributed by atoms with Crippen LogP contribution >= 0.6 is 0 Å². The highest BCUT2D eigenvalue weighted by molar-refractivity contribution is 6.00. The van der Waals surface area contributed by atoms with Crippen molar-refractivity contribution in [3.05, 3.63) is 65.2 Å². The van der Waals surface area contributed by atoms with E-state index in [4.69, 9.17) is 0 Å². The van der Waals surface area contributed by atoms with E-state index in [1.807, 2.05) is 41.3 Å². The molecule has 2 atom stereocenters. The van der Waals surface area contributed by atoms with Gasteiger partial charge in [-0.15, -0.1) is 0 Å². The Labute approximate surface area is 154 Å². The van der Waals surface area contributed by atoms with Crippen LogP contribution in [-0.4, -0.2) is 23.3 Å². The van der Waals surface area contributed by atoms with Crippen molar-refractivity contribution in [2.24, 2.45) is 11.8 Å². The van der Waals surface area contributed by atoms with Gasteiger partial charge in [0.15, 0.2) is 0 Å². The number of carbonyl (C=O) groups excluding carboxylic acids is 2. The quantitative estimate of drug-likeness (QED) is 0.920. The van der Waals surface area contributed by atoms with Crippen molar-refractivity contribution in [3.8, 4) is 0 Å². The molecule has 0 aromatic heterocycles. The molecule has 2 aliphatic rings. The van der Waals surface area contributed by atoms with Crippen molar-refractivity contribution in [2.75, 3.05) is 11.9 Å². The first kappa shape index (κ1) is 16.8. The SMILES string of the molecule is CCc1ccccc1NC(=O)C1CC1C(=O)N1CCc2ccccc2C1. The highest BCUT2D eigenvalue weighted by Crippen LogP contribution is 2.41. The first-order chi connectivity index (χ1) is 12.7. The normalized spacial score (nSPS) is 21.0. The van der Waals surface area contributed by atoms with E-state index in [0.717, 1.165) is 30.6 Å². The summed E-state index contributed by atoms with van der Waals surface area (Å²) in [6, 6.07) is 16.1. The van der Waals surface area contributed by atoms with E-state index in [1.54, 1.807) is 0 Å². The van der Waals surface area contributed by atoms with Gasteiger partial charge in [0.25, 0.3) is 0 Å². The van der Waals surface area contributed by atoms with Gasteiger partial charge in [-0.2, -0.15) is 0 Å². The number of nitrogens with zero attached hydrogens (tertiary/aromatic N) is 1. The van der Waals surface area contributed by atoms with Crippen molar-refractivity contribution < 1.29 is 9.59 Å². The van der Waals surface area contributed by atoms with Gasteiger partial charge in [0.2, 0.25) is 11.8 Å². The van der Waals surface area contributed by atoms with Crippen LogP contribution in [0, 0.1) is 11.8 Å². The zero-order valence-corrected chi connectivity index (χ0v) is 15.1. The average molecular weight is 348 g/mol. The standard InChI is InChI=1S/C22H24N2O2/c1-2-15-7-5-6-10-20(15)23-21(25)18-13-19(18)22(26)24-12-11-16-8-3-4-9-17(16)14-24/h3-10,18-19H,2,11-14H2,1H3,(H,23,25). The molecule has 2 unspecified atom stereocenters. The number of para-hydroxylation sites is 1. The summed E-state index contributed by atoms with van der Waals surface area (Å²) in [6.45, 7) is 3.49. The van der Waals surface area contributed by atoms with E-state index >= 15 is 0 Å². The van der Waals surface area contributed by atoms with E-state index < -0.39 is 0 Å². The Bertz CT molecular complexity index is 846. The first-order valence-electron chi connectivity index (χ1n) is 9.41. The van der Waals surface area contributed by atoms with Crippen LogP contribution in [0.25, 0.3) is 0 Å². The summed E-state index contributed by atoms with van der Waals surface area (Å²) < 4.78 is 0. The van der Waals surface area contributed by atoms with Crippen LogP contribution in [0.3, 0.4) is 0 Å². The second-order valence-electron chi connectivity index (χ2n) is 7.23. The Kier molecular flexibility index (Phi) is 4.49. The molecule has 26 heavy (non-hydrogen) atoms. The van der Waals surface area contributed by atoms with Gasteiger partial charge in [0, 0.05) is 18.8 Å². The van der Waals surface area contributed by atoms with Crippen molar-refractivity contribution in [1.29, 1.82) is 0 Å². The monoisotopic (exact) mass is 348 g/mol. The van der Waals surface area contributed by atoms with Crippen LogP contribution in [0.5, 0.6) is 0 Å². The van der Waals surface area contributed by atoms with Crippen LogP contribution < -0.4 is 5.32 Å². The molecule has 2 amide bonds. The van der Waals surface area contributed by atoms with Crippen LogP contribution in [0.2, 0.25) is 0 Å². The minimum Gasteiger partial charge on any atom is -0.338 e. The number of aryl methyl sites for hydroxylation is 1. The average Bonchev–Trinajstić information content (AvgIpc) is 3.48. The third-order valence-electron chi connectivity index (χ3n) is 5.54. The third-order valence-corrected chi connectivity index (χ3v) is 5.54. The van der Waals surface area contributed by atoms with Gasteiger partial charge in [-0.1, -0.05) is 49.4 Å². The molecule has 4 rings (SSSR count). The number of benzene rings is 2. The molecule has 2 aromatic carbocycles. The zero-order chi connectivity index (χ0) is 18.1. The number of rotatable bonds is 4. The lowest BCUT2D eigenvalue weighted by molar-refractivity contribution is -0.135. The molecule has 4 heteroatoms. The molecule has 4 nitrogen and oxygen atoms in total. The molecular formula is C22H24N2O2. The Morgan fingerprint density at radius 2 is 1.77 bits per heavy atom. The molecule has 134 valence electrons. The second kappa shape index (κ2) is 6.94. The molecule has 1 heterocycles. The van der Waals surface area contributed by atoms with E-state index in [9.17, 15) is 9.59 Å². The predicted octanol–water partition coefficient (Wildman–Crippen LogP) is 3.41. The van der Waals surface area contributed by atoms with Gasteiger partial charge in [0.05, 0.1) is 11.8 Å². The maximum absolute atomic E-state index is 12.8. The summed E-state index contributed by atoms with van der Waals surface area (Å²) >= 11 is 0. The number of carbonyl (C=O) groups is 2. The van der Waals surface area contributed by atoms with Gasteiger partial charge in [-0.05, 0) is 42.0 Å². The Hall–Kier alpha value is -2.62. The van der Waals surface area contributed by atoms with E-state index in [1.165, 1.54) is 11.1 Å². The highest BCUT2D eigenvalue weighted by atomic mass is 16.2. The topological polar surface area (TPSA) is 49.4 Å². The van der Waals surface area contributed by atoms with Crippen molar-refractivity contribution in [2.45, 2.75) is 32.7 Å². The molecule has 1 aliphatic heterocycles. The maximum Gasteiger partial charge on any atom is 0.228 e. The Balaban J connectivity index is 1.38. The van der Waals surface area contributed by atoms with E-state index in [2.05, 4.69) is 24.4 Å². The molecule has 1 N–H and O–H groups in total. The second-order valence-corrected chi connectivity index (χ2v) is 7.23. The summed E-state index contributed by atoms with van der Waals surface area (Å²) in [6.07, 6.45) is 2.43. The molecular weight excluding hydrogens is 324 g/mol. The molecule has 1 fully saturated rings. The highest BCUT2D eigenvalue weighted by Gasteiger charge is 2.49. The number of hydrogen-bond acceptors (Lipinski definition) is 2. The molecule has 2 aromatic rings. The predicted molar refractivity (Wildman–Crippen MR) is 102 cm³/mol. The largest absolute Gasteiger partial charge is 0.338 e. The van der Waals surface area contributed by atoms with E-state index in [0.29, 0.717) is 13.0 Å². The molecule has 0 spiro atoms. The Morgan fingerprint density at radius 3 is 2.58 bits per heavy atom. The van der Waals surface area contributed by atoms with Crippen molar-refractivity contribution >= 4 is 17.5 Å². The van der Waals surface area contributed by atoms with Gasteiger partial charge < -0.3 is 10.2 Å². The molecule has 0 bridgehead atoms. The first-order valence-corrected chi connectivity index (χ1v) is 9.41. The minimum absolute atomic E-state index is 0.0262. The summed E-state index contributed by atoms with van der Waals surface area (Å²) in [5, 5.41) is 3.02. The van der Waals surface area contributed by atoms with Gasteiger partial charge in [-0.3, -0.25) is 9.59 Å². The molecule has 1 aliphatic carbocycles. The minimum atomic E-state index is -0.190. The van der Waals surface area contributed by atoms with Crippen LogP contribution in [-0.2, 0) is 29.0 Å². The zero-order valence-electron chi connectivity index (χ0n) is 15.1. The fourth-order valence-electron chi connectivity index (χ4n) is 3.85. The van der Waals surface area contributed by atoms with Gasteiger partial charge >= 0.3 is 0 Å². The maximum atomic E-state index is 12.8. The summed E-state index contributed by atoms with van der Waals surface area (Å²) in [4.78, 5) is 27.3. The fraction of sp³-hybridized carbons (Fsp3) is 0.364. The molecule has 1 saturated carbocycles. The number of anilines is 1. The number of fused-ring (bicyclic) bond motifs is 1. The van der Waals surface area contributed by atoms with Crippen LogP contribution in [0.1, 0.15) is 30.0 Å². The summed E-state index contributed by atoms with van der Waals surface area (Å²) in [7, 11) is 0. The number of amides is 2. The van der Waals surface area contributed by atoms with Crippen LogP contribution in [0.15, 0.2) is 48.5 Å². The lowest BCUT2D eigenvalue weighted by Crippen LogP contribution is -2.37. The number of hydrogen-bond donors (Lipinski definition) is 1.